The number of carbonyl (C=O) groups is 1. The first-order chi connectivity index (χ1) is 14.4. The van der Waals surface area contributed by atoms with E-state index < -0.39 is 22.3 Å². The number of halogens is 3. The smallest absolute Gasteiger partial charge is 0.241 e. The van der Waals surface area contributed by atoms with Crippen LogP contribution in [-0.2, 0) is 16.1 Å². The van der Waals surface area contributed by atoms with E-state index in [0.29, 0.717) is 18.5 Å². The van der Waals surface area contributed by atoms with Gasteiger partial charge in [0.2, 0.25) is 5.91 Å². The van der Waals surface area contributed by atoms with E-state index in [4.69, 9.17) is 5.73 Å². The molecule has 1 heterocycles. The molecule has 30 heavy (non-hydrogen) atoms. The van der Waals surface area contributed by atoms with Crippen LogP contribution in [0.15, 0.2) is 41.5 Å². The summed E-state index contributed by atoms with van der Waals surface area (Å²) in [5.41, 5.74) is 7.44. The second kappa shape index (κ2) is 8.07. The summed E-state index contributed by atoms with van der Waals surface area (Å²) >= 11 is 1.19. The Labute approximate surface area is 177 Å². The van der Waals surface area contributed by atoms with Crippen LogP contribution >= 0.6 is 11.8 Å². The number of thioether (sulfide) groups is 1. The molecule has 0 radical (unpaired) electrons. The molecular formula is C22H22F3N3OS. The summed E-state index contributed by atoms with van der Waals surface area (Å²) < 4.78 is 42.8. The molecule has 2 atom stereocenters. The monoisotopic (exact) mass is 433 g/mol. The molecule has 0 saturated carbocycles. The van der Waals surface area contributed by atoms with Crippen molar-refractivity contribution >= 4 is 22.7 Å². The van der Waals surface area contributed by atoms with Gasteiger partial charge in [0.15, 0.2) is 0 Å². The van der Waals surface area contributed by atoms with Crippen molar-refractivity contribution in [2.45, 2.75) is 37.5 Å². The molecule has 2 aliphatic rings. The van der Waals surface area contributed by atoms with Crippen molar-refractivity contribution < 1.29 is 18.0 Å². The molecule has 0 aromatic heterocycles. The number of fused-ring (bicyclic) bond motifs is 2. The third-order valence-electron chi connectivity index (χ3n) is 5.74. The van der Waals surface area contributed by atoms with Crippen LogP contribution in [0.2, 0.25) is 0 Å². The summed E-state index contributed by atoms with van der Waals surface area (Å²) in [6.45, 7) is 1.76. The summed E-state index contributed by atoms with van der Waals surface area (Å²) in [5, 5.41) is 5.95. The molecule has 4 rings (SSSR count). The number of aryl methyl sites for hydroxylation is 1. The number of hydrogen-bond donors (Lipinski definition) is 1. The summed E-state index contributed by atoms with van der Waals surface area (Å²) in [6, 6.07) is 7.71. The van der Waals surface area contributed by atoms with Crippen LogP contribution in [0.4, 0.5) is 13.2 Å². The number of nitrogens with zero attached hydrogens (tertiary/aromatic N) is 2. The molecule has 1 amide bonds. The second-order valence-electron chi connectivity index (χ2n) is 7.63. The molecule has 2 aromatic carbocycles. The minimum atomic E-state index is -1.06. The maximum absolute atomic E-state index is 14.5. The molecular weight excluding hydrogens is 411 g/mol. The van der Waals surface area contributed by atoms with Crippen LogP contribution in [-0.4, -0.2) is 22.5 Å². The van der Waals surface area contributed by atoms with Gasteiger partial charge in [0, 0.05) is 12.5 Å². The van der Waals surface area contributed by atoms with Gasteiger partial charge in [0.1, 0.15) is 27.4 Å². The van der Waals surface area contributed by atoms with Crippen molar-refractivity contribution in [3.05, 3.63) is 70.5 Å². The fraction of sp³-hybridized carbons (Fsp3) is 0.364. The molecule has 1 aliphatic carbocycles. The van der Waals surface area contributed by atoms with Gasteiger partial charge in [0.25, 0.3) is 0 Å². The fourth-order valence-corrected chi connectivity index (χ4v) is 6.11. The molecule has 0 bridgehead atoms. The van der Waals surface area contributed by atoms with Gasteiger partial charge in [-0.15, -0.1) is 0 Å². The Hall–Kier alpha value is -2.32. The van der Waals surface area contributed by atoms with Gasteiger partial charge in [-0.3, -0.25) is 4.79 Å². The van der Waals surface area contributed by atoms with Crippen LogP contribution < -0.4 is 5.73 Å². The lowest BCUT2D eigenvalue weighted by Crippen LogP contribution is -2.46. The lowest BCUT2D eigenvalue weighted by atomic mass is 9.86. The second-order valence-corrected chi connectivity index (χ2v) is 8.84. The predicted molar refractivity (Wildman–Crippen MR) is 111 cm³/mol. The largest absolute Gasteiger partial charge is 0.330 e. The molecule has 4 nitrogen and oxygen atoms in total. The van der Waals surface area contributed by atoms with E-state index in [1.54, 1.807) is 6.07 Å². The standard InChI is InChI=1S/C22H22F3N3OS/c1-13(29)28-22(30-21(27-28)18-11-16(23)7-8-20(18)25)15(9-10-26)4-2-3-14-5-6-17(24)12-19(14)22/h5-8,11-12,15H,2-4,9-10,26H2,1H3/t15-,22-/m1/s1. The van der Waals surface area contributed by atoms with E-state index in [9.17, 15) is 18.0 Å². The maximum Gasteiger partial charge on any atom is 0.241 e. The molecule has 2 N–H and O–H groups in total. The van der Waals surface area contributed by atoms with Crippen LogP contribution in [0, 0.1) is 23.4 Å². The molecule has 8 heteroatoms. The van der Waals surface area contributed by atoms with E-state index in [1.807, 2.05) is 0 Å². The Morgan fingerprint density at radius 2 is 1.97 bits per heavy atom. The highest BCUT2D eigenvalue weighted by Crippen LogP contribution is 2.56. The van der Waals surface area contributed by atoms with Gasteiger partial charge in [-0.05, 0) is 79.6 Å². The van der Waals surface area contributed by atoms with Crippen molar-refractivity contribution in [3.63, 3.8) is 0 Å². The van der Waals surface area contributed by atoms with Gasteiger partial charge in [-0.2, -0.15) is 5.10 Å². The van der Waals surface area contributed by atoms with Crippen LogP contribution in [0.5, 0.6) is 0 Å². The van der Waals surface area contributed by atoms with E-state index in [2.05, 4.69) is 5.10 Å². The lowest BCUT2D eigenvalue weighted by molar-refractivity contribution is -0.133. The zero-order valence-electron chi connectivity index (χ0n) is 16.5. The van der Waals surface area contributed by atoms with Gasteiger partial charge in [-0.25, -0.2) is 18.2 Å². The Balaban J connectivity index is 1.94. The van der Waals surface area contributed by atoms with E-state index in [-0.39, 0.29) is 22.4 Å². The number of nitrogens with two attached hydrogens (primary N) is 1. The Kier molecular flexibility index (Phi) is 5.63. The van der Waals surface area contributed by atoms with Gasteiger partial charge >= 0.3 is 0 Å². The Morgan fingerprint density at radius 1 is 1.23 bits per heavy atom. The van der Waals surface area contributed by atoms with Crippen molar-refractivity contribution in [2.24, 2.45) is 16.8 Å². The van der Waals surface area contributed by atoms with Crippen LogP contribution in [0.25, 0.3) is 0 Å². The zero-order chi connectivity index (χ0) is 21.5. The SMILES string of the molecule is CC(=O)N1N=C(c2cc(F)ccc2F)S[C@]12c1cc(F)ccc1CCC[C@@H]2CCN. The molecule has 158 valence electrons. The number of carbonyl (C=O) groups excluding carboxylic acids is 1. The summed E-state index contributed by atoms with van der Waals surface area (Å²) in [5.74, 6) is -2.13. The van der Waals surface area contributed by atoms with Crippen LogP contribution in [0.3, 0.4) is 0 Å². The fourth-order valence-electron chi connectivity index (χ4n) is 4.47. The Morgan fingerprint density at radius 3 is 2.70 bits per heavy atom. The van der Waals surface area contributed by atoms with Crippen molar-refractivity contribution in [3.8, 4) is 0 Å². The first-order valence-electron chi connectivity index (χ1n) is 9.89. The van der Waals surface area contributed by atoms with Crippen molar-refractivity contribution in [1.82, 2.24) is 5.01 Å². The van der Waals surface area contributed by atoms with Gasteiger partial charge in [-0.1, -0.05) is 17.8 Å². The lowest BCUT2D eigenvalue weighted by Gasteiger charge is -2.41. The number of amides is 1. The Bertz CT molecular complexity index is 1030. The summed E-state index contributed by atoms with van der Waals surface area (Å²) in [4.78, 5) is 11.7. The number of hydrazone groups is 1. The number of benzene rings is 2. The number of rotatable bonds is 3. The van der Waals surface area contributed by atoms with Crippen molar-refractivity contribution in [1.29, 1.82) is 0 Å². The quantitative estimate of drug-likeness (QED) is 0.775. The first kappa shape index (κ1) is 20.9. The average molecular weight is 433 g/mol. The summed E-state index contributed by atoms with van der Waals surface area (Å²) in [7, 11) is 0. The van der Waals surface area contributed by atoms with E-state index >= 15 is 0 Å². The van der Waals surface area contributed by atoms with Gasteiger partial charge < -0.3 is 5.73 Å². The predicted octanol–water partition coefficient (Wildman–Crippen LogP) is 4.52. The minimum absolute atomic E-state index is 0.0168. The molecule has 1 aliphatic heterocycles. The van der Waals surface area contributed by atoms with Crippen molar-refractivity contribution in [2.75, 3.05) is 6.54 Å². The topological polar surface area (TPSA) is 58.7 Å². The molecule has 0 unspecified atom stereocenters. The molecule has 1 spiro atoms. The highest BCUT2D eigenvalue weighted by molar-refractivity contribution is 8.15. The highest BCUT2D eigenvalue weighted by atomic mass is 32.2. The number of hydrogen-bond acceptors (Lipinski definition) is 4. The molecule has 0 fully saturated rings. The van der Waals surface area contributed by atoms with Gasteiger partial charge in [0.05, 0.1) is 0 Å². The normalized spacial score (nSPS) is 23.3. The molecule has 0 saturated heterocycles. The third kappa shape index (κ3) is 3.41. The minimum Gasteiger partial charge on any atom is -0.330 e. The highest BCUT2D eigenvalue weighted by Gasteiger charge is 2.54. The molecule has 2 aromatic rings. The first-order valence-corrected chi connectivity index (χ1v) is 10.7. The maximum atomic E-state index is 14.5. The summed E-state index contributed by atoms with van der Waals surface area (Å²) in [6.07, 6.45) is 2.91. The third-order valence-corrected chi connectivity index (χ3v) is 7.27. The average Bonchev–Trinajstić information content (AvgIpc) is 3.05. The zero-order valence-corrected chi connectivity index (χ0v) is 17.3. The van der Waals surface area contributed by atoms with Crippen LogP contribution in [0.1, 0.15) is 42.9 Å². The van der Waals surface area contributed by atoms with E-state index in [1.165, 1.54) is 35.8 Å². The van der Waals surface area contributed by atoms with E-state index in [0.717, 1.165) is 43.0 Å².